The number of hydrogen-bond donors (Lipinski definition) is 0. The molecule has 0 aliphatic carbocycles. The smallest absolute Gasteiger partial charge is 0.235 e. The maximum Gasteiger partial charge on any atom is 0.235 e. The molecule has 0 atom stereocenters. The molecule has 0 spiro atoms. The SMILES string of the molecule is Cc1cccc(-c2ccc(-c3cccc(-c4ccnc(-n5c6ccccc6c6cc(-c7ccc8c9ccccc9n(-c9ccccc9)c8c7)ccc65)n4)c3)cc2)c1. The van der Waals surface area contributed by atoms with E-state index in [-0.39, 0.29) is 0 Å². The number of rotatable bonds is 6. The van der Waals surface area contributed by atoms with Gasteiger partial charge in [0, 0.05) is 39.0 Å². The van der Waals surface area contributed by atoms with Gasteiger partial charge in [-0.25, -0.2) is 9.97 Å². The molecule has 0 amide bonds. The molecule has 57 heavy (non-hydrogen) atoms. The van der Waals surface area contributed by atoms with Gasteiger partial charge in [0.05, 0.1) is 27.8 Å². The number of hydrogen-bond acceptors (Lipinski definition) is 2. The second-order valence-electron chi connectivity index (χ2n) is 14.8. The number of nitrogens with zero attached hydrogens (tertiary/aromatic N) is 4. The Bertz CT molecular complexity index is 3300. The van der Waals surface area contributed by atoms with Crippen LogP contribution in [-0.2, 0) is 0 Å². The molecule has 4 nitrogen and oxygen atoms in total. The second-order valence-corrected chi connectivity index (χ2v) is 14.8. The Morgan fingerprint density at radius 2 is 0.912 bits per heavy atom. The summed E-state index contributed by atoms with van der Waals surface area (Å²) in [5.41, 5.74) is 16.0. The summed E-state index contributed by atoms with van der Waals surface area (Å²) in [6.07, 6.45) is 1.87. The van der Waals surface area contributed by atoms with Gasteiger partial charge in [-0.2, -0.15) is 0 Å². The number of benzene rings is 8. The molecule has 0 saturated carbocycles. The zero-order chi connectivity index (χ0) is 37.9. The second kappa shape index (κ2) is 13.3. The molecule has 11 aromatic rings. The van der Waals surface area contributed by atoms with E-state index < -0.39 is 0 Å². The lowest BCUT2D eigenvalue weighted by atomic mass is 9.98. The quantitative estimate of drug-likeness (QED) is 0.171. The van der Waals surface area contributed by atoms with E-state index in [0.717, 1.165) is 44.5 Å². The van der Waals surface area contributed by atoms with Crippen molar-refractivity contribution in [3.63, 3.8) is 0 Å². The van der Waals surface area contributed by atoms with Crippen LogP contribution in [0.25, 0.3) is 99.9 Å². The summed E-state index contributed by atoms with van der Waals surface area (Å²) in [6.45, 7) is 2.13. The van der Waals surface area contributed by atoms with Crippen LogP contribution in [0.5, 0.6) is 0 Å². The minimum atomic E-state index is 0.646. The molecule has 3 heterocycles. The van der Waals surface area contributed by atoms with Gasteiger partial charge in [0.15, 0.2) is 0 Å². The molecule has 0 aliphatic rings. The van der Waals surface area contributed by atoms with Gasteiger partial charge in [-0.1, -0.05) is 145 Å². The Kier molecular flexibility index (Phi) is 7.68. The first-order chi connectivity index (χ1) is 28.2. The molecule has 268 valence electrons. The molecule has 4 heteroatoms. The highest BCUT2D eigenvalue weighted by molar-refractivity contribution is 6.12. The van der Waals surface area contributed by atoms with Crippen LogP contribution in [0.1, 0.15) is 5.56 Å². The average molecular weight is 729 g/mol. The van der Waals surface area contributed by atoms with Crippen molar-refractivity contribution in [3.8, 4) is 56.3 Å². The Balaban J connectivity index is 0.984. The number of fused-ring (bicyclic) bond motifs is 6. The Labute approximate surface area is 330 Å². The lowest BCUT2D eigenvalue weighted by molar-refractivity contribution is 0.992. The van der Waals surface area contributed by atoms with Gasteiger partial charge in [-0.3, -0.25) is 4.57 Å². The minimum absolute atomic E-state index is 0.646. The van der Waals surface area contributed by atoms with E-state index in [9.17, 15) is 0 Å². The molecule has 0 unspecified atom stereocenters. The Morgan fingerprint density at radius 1 is 0.351 bits per heavy atom. The predicted octanol–water partition coefficient (Wildman–Crippen LogP) is 13.6. The Hall–Kier alpha value is -7.56. The molecule has 0 saturated heterocycles. The van der Waals surface area contributed by atoms with Crippen molar-refractivity contribution in [2.45, 2.75) is 6.92 Å². The van der Waals surface area contributed by atoms with Crippen molar-refractivity contribution in [2.24, 2.45) is 0 Å². The normalized spacial score (nSPS) is 11.6. The van der Waals surface area contributed by atoms with E-state index in [1.165, 1.54) is 55.0 Å². The monoisotopic (exact) mass is 728 g/mol. The average Bonchev–Trinajstić information content (AvgIpc) is 3.79. The number of aromatic nitrogens is 4. The fraction of sp³-hybridized carbons (Fsp3) is 0.0189. The van der Waals surface area contributed by atoms with Crippen molar-refractivity contribution in [3.05, 3.63) is 206 Å². The van der Waals surface area contributed by atoms with E-state index in [2.05, 4.69) is 204 Å². The van der Waals surface area contributed by atoms with Crippen LogP contribution >= 0.6 is 0 Å². The van der Waals surface area contributed by atoms with E-state index in [1.807, 2.05) is 12.3 Å². The third kappa shape index (κ3) is 5.61. The van der Waals surface area contributed by atoms with Gasteiger partial charge in [0.1, 0.15) is 0 Å². The van der Waals surface area contributed by atoms with Gasteiger partial charge in [0.2, 0.25) is 5.95 Å². The molecular weight excluding hydrogens is 693 g/mol. The van der Waals surface area contributed by atoms with Gasteiger partial charge in [0.25, 0.3) is 0 Å². The van der Waals surface area contributed by atoms with Gasteiger partial charge >= 0.3 is 0 Å². The van der Waals surface area contributed by atoms with Crippen LogP contribution < -0.4 is 0 Å². The summed E-state index contributed by atoms with van der Waals surface area (Å²) in [6, 6.07) is 69.6. The summed E-state index contributed by atoms with van der Waals surface area (Å²) in [5, 5.41) is 4.83. The molecule has 0 fully saturated rings. The van der Waals surface area contributed by atoms with Crippen molar-refractivity contribution >= 4 is 43.6 Å². The summed E-state index contributed by atoms with van der Waals surface area (Å²) in [5.74, 6) is 0.646. The first-order valence-corrected chi connectivity index (χ1v) is 19.4. The third-order valence-electron chi connectivity index (χ3n) is 11.3. The topological polar surface area (TPSA) is 35.6 Å². The van der Waals surface area contributed by atoms with Crippen molar-refractivity contribution < 1.29 is 0 Å². The summed E-state index contributed by atoms with van der Waals surface area (Å²) >= 11 is 0. The maximum atomic E-state index is 5.21. The zero-order valence-corrected chi connectivity index (χ0v) is 31.3. The molecule has 0 N–H and O–H groups in total. The molecule has 3 aromatic heterocycles. The van der Waals surface area contributed by atoms with Crippen LogP contribution in [0.4, 0.5) is 0 Å². The van der Waals surface area contributed by atoms with Gasteiger partial charge in [-0.05, 0) is 94.9 Å². The molecule has 0 radical (unpaired) electrons. The largest absolute Gasteiger partial charge is 0.309 e. The number of aryl methyl sites for hydroxylation is 1. The fourth-order valence-corrected chi connectivity index (χ4v) is 8.53. The molecule has 0 bridgehead atoms. The van der Waals surface area contributed by atoms with Crippen LogP contribution in [0.15, 0.2) is 200 Å². The van der Waals surface area contributed by atoms with Crippen molar-refractivity contribution in [2.75, 3.05) is 0 Å². The summed E-state index contributed by atoms with van der Waals surface area (Å²) < 4.78 is 4.57. The van der Waals surface area contributed by atoms with E-state index in [0.29, 0.717) is 5.95 Å². The molecule has 11 rings (SSSR count). The van der Waals surface area contributed by atoms with Crippen LogP contribution in [-0.4, -0.2) is 19.1 Å². The van der Waals surface area contributed by atoms with E-state index in [1.54, 1.807) is 0 Å². The highest BCUT2D eigenvalue weighted by Crippen LogP contribution is 2.38. The van der Waals surface area contributed by atoms with Crippen LogP contribution in [0.2, 0.25) is 0 Å². The Morgan fingerprint density at radius 3 is 1.68 bits per heavy atom. The molecule has 0 aliphatic heterocycles. The van der Waals surface area contributed by atoms with E-state index in [4.69, 9.17) is 9.97 Å². The predicted molar refractivity (Wildman–Crippen MR) is 237 cm³/mol. The summed E-state index contributed by atoms with van der Waals surface area (Å²) in [7, 11) is 0. The highest BCUT2D eigenvalue weighted by Gasteiger charge is 2.17. The van der Waals surface area contributed by atoms with Crippen LogP contribution in [0.3, 0.4) is 0 Å². The lowest BCUT2D eigenvalue weighted by Crippen LogP contribution is -2.01. The van der Waals surface area contributed by atoms with Gasteiger partial charge in [-0.15, -0.1) is 0 Å². The summed E-state index contributed by atoms with van der Waals surface area (Å²) in [4.78, 5) is 10.1. The molecular formula is C53H36N4. The van der Waals surface area contributed by atoms with Crippen LogP contribution in [0, 0.1) is 6.92 Å². The van der Waals surface area contributed by atoms with E-state index >= 15 is 0 Å². The zero-order valence-electron chi connectivity index (χ0n) is 31.3. The minimum Gasteiger partial charge on any atom is -0.309 e. The lowest BCUT2D eigenvalue weighted by Gasteiger charge is -2.10. The number of para-hydroxylation sites is 3. The van der Waals surface area contributed by atoms with Gasteiger partial charge < -0.3 is 4.57 Å². The fourth-order valence-electron chi connectivity index (χ4n) is 8.53. The maximum absolute atomic E-state index is 5.21. The first kappa shape index (κ1) is 32.8. The van der Waals surface area contributed by atoms with Crippen molar-refractivity contribution in [1.29, 1.82) is 0 Å². The van der Waals surface area contributed by atoms with Crippen molar-refractivity contribution in [1.82, 2.24) is 19.1 Å². The first-order valence-electron chi connectivity index (χ1n) is 19.4. The third-order valence-corrected chi connectivity index (χ3v) is 11.3. The highest BCUT2D eigenvalue weighted by atomic mass is 15.2. The molecule has 8 aromatic carbocycles. The standard InChI is InChI=1S/C53H36N4/c1-35-11-9-12-38(31-35)36-21-23-37(24-22-36)39-13-10-14-42(32-39)48-29-30-54-53(55-48)57-50-20-8-6-18-45(50)47-33-40(26-28-51(47)57)41-25-27-46-44-17-5-7-19-49(44)56(52(46)34-41)43-15-3-2-4-16-43/h2-34H,1H3.